The fourth-order valence-corrected chi connectivity index (χ4v) is 1.22. The molecule has 1 rings (SSSR count). The van der Waals surface area contributed by atoms with Gasteiger partial charge in [-0.2, -0.15) is 0 Å². The minimum atomic E-state index is -0.229. The largest absolute Gasteiger partial charge is 0.387 e. The molecule has 2 nitrogen and oxygen atoms in total. The van der Waals surface area contributed by atoms with Gasteiger partial charge in [0, 0.05) is 12.0 Å². The molecule has 1 aromatic rings. The van der Waals surface area contributed by atoms with Crippen molar-refractivity contribution in [2.24, 2.45) is 10.7 Å². The van der Waals surface area contributed by atoms with Crippen LogP contribution in [0.4, 0.5) is 4.39 Å². The van der Waals surface area contributed by atoms with E-state index in [4.69, 9.17) is 5.73 Å². The Morgan fingerprint density at radius 3 is 2.71 bits per heavy atom. The quantitative estimate of drug-likeness (QED) is 0.583. The topological polar surface area (TPSA) is 38.4 Å². The molecular weight excluding hydrogens is 179 g/mol. The fourth-order valence-electron chi connectivity index (χ4n) is 1.22. The number of nitrogens with zero attached hydrogens (tertiary/aromatic N) is 1. The molecule has 0 aliphatic carbocycles. The average Bonchev–Trinajstić information content (AvgIpc) is 2.18. The van der Waals surface area contributed by atoms with Crippen molar-refractivity contribution in [3.05, 3.63) is 35.6 Å². The van der Waals surface area contributed by atoms with Gasteiger partial charge in [-0.1, -0.05) is 25.1 Å². The predicted octanol–water partition coefficient (Wildman–Crippen LogP) is 2.65. The van der Waals surface area contributed by atoms with Crippen LogP contribution >= 0.6 is 0 Å². The van der Waals surface area contributed by atoms with Crippen LogP contribution in [0.3, 0.4) is 0 Å². The first-order chi connectivity index (χ1) is 6.65. The zero-order valence-corrected chi connectivity index (χ0v) is 8.50. The van der Waals surface area contributed by atoms with Crippen LogP contribution in [0.25, 0.3) is 0 Å². The van der Waals surface area contributed by atoms with E-state index in [2.05, 4.69) is 4.99 Å². The second-order valence-corrected chi connectivity index (χ2v) is 3.17. The number of benzene rings is 1. The summed E-state index contributed by atoms with van der Waals surface area (Å²) < 4.78 is 13.3. The normalized spacial score (nSPS) is 14.1. The second kappa shape index (κ2) is 4.74. The van der Waals surface area contributed by atoms with E-state index in [0.717, 1.165) is 0 Å². The van der Waals surface area contributed by atoms with Crippen molar-refractivity contribution in [3.63, 3.8) is 0 Å². The molecule has 0 amide bonds. The van der Waals surface area contributed by atoms with Crippen LogP contribution in [-0.2, 0) is 0 Å². The van der Waals surface area contributed by atoms with Crippen molar-refractivity contribution < 1.29 is 4.39 Å². The second-order valence-electron chi connectivity index (χ2n) is 3.17. The summed E-state index contributed by atoms with van der Waals surface area (Å²) >= 11 is 0. The van der Waals surface area contributed by atoms with Crippen molar-refractivity contribution in [3.8, 4) is 0 Å². The lowest BCUT2D eigenvalue weighted by molar-refractivity contribution is 0.594. The average molecular weight is 194 g/mol. The van der Waals surface area contributed by atoms with E-state index in [1.807, 2.05) is 13.8 Å². The van der Waals surface area contributed by atoms with E-state index in [-0.39, 0.29) is 11.9 Å². The molecule has 0 radical (unpaired) electrons. The Hall–Kier alpha value is -1.38. The summed E-state index contributed by atoms with van der Waals surface area (Å²) in [5, 5.41) is 0. The van der Waals surface area contributed by atoms with Gasteiger partial charge in [0.1, 0.15) is 5.82 Å². The lowest BCUT2D eigenvalue weighted by atomic mass is 10.1. The fraction of sp³-hybridized carbons (Fsp3) is 0.364. The lowest BCUT2D eigenvalue weighted by Crippen LogP contribution is -2.11. The zero-order chi connectivity index (χ0) is 10.6. The van der Waals surface area contributed by atoms with E-state index in [1.54, 1.807) is 18.2 Å². The molecule has 2 N–H and O–H groups in total. The first kappa shape index (κ1) is 10.7. The molecule has 3 heteroatoms. The highest BCUT2D eigenvalue weighted by molar-refractivity contribution is 5.80. The van der Waals surface area contributed by atoms with Gasteiger partial charge in [-0.25, -0.2) is 4.39 Å². The van der Waals surface area contributed by atoms with E-state index >= 15 is 0 Å². The summed E-state index contributed by atoms with van der Waals surface area (Å²) in [5.74, 6) is 0.327. The van der Waals surface area contributed by atoms with Crippen LogP contribution in [0.15, 0.2) is 29.3 Å². The van der Waals surface area contributed by atoms with Gasteiger partial charge >= 0.3 is 0 Å². The molecule has 1 aromatic carbocycles. The summed E-state index contributed by atoms with van der Waals surface area (Å²) in [5.41, 5.74) is 6.18. The number of amidine groups is 1. The molecule has 14 heavy (non-hydrogen) atoms. The number of nitrogens with two attached hydrogens (primary N) is 1. The summed E-state index contributed by atoms with van der Waals surface area (Å²) in [6.45, 7) is 3.76. The molecule has 0 saturated heterocycles. The first-order valence-corrected chi connectivity index (χ1v) is 4.71. The van der Waals surface area contributed by atoms with Crippen LogP contribution in [-0.4, -0.2) is 5.84 Å². The first-order valence-electron chi connectivity index (χ1n) is 4.71. The summed E-state index contributed by atoms with van der Waals surface area (Å²) in [4.78, 5) is 4.18. The third-order valence-electron chi connectivity index (χ3n) is 2.08. The maximum atomic E-state index is 13.3. The Bertz CT molecular complexity index is 334. The molecule has 1 unspecified atom stereocenters. The maximum absolute atomic E-state index is 13.3. The molecule has 0 aliphatic rings. The number of aliphatic imine (C=N–C) groups is 1. The molecular formula is C11H15FN2. The Kier molecular flexibility index (Phi) is 3.63. The van der Waals surface area contributed by atoms with E-state index in [0.29, 0.717) is 17.8 Å². The van der Waals surface area contributed by atoms with Crippen molar-refractivity contribution in [1.29, 1.82) is 0 Å². The summed E-state index contributed by atoms with van der Waals surface area (Å²) in [6, 6.07) is 6.41. The van der Waals surface area contributed by atoms with Gasteiger partial charge in [-0.3, -0.25) is 4.99 Å². The molecule has 0 spiro atoms. The Labute approximate surface area is 83.7 Å². The van der Waals surface area contributed by atoms with E-state index in [1.165, 1.54) is 6.07 Å². The Morgan fingerprint density at radius 1 is 1.50 bits per heavy atom. The van der Waals surface area contributed by atoms with Crippen LogP contribution in [0.2, 0.25) is 0 Å². The summed E-state index contributed by atoms with van der Waals surface area (Å²) in [7, 11) is 0. The number of rotatable bonds is 3. The summed E-state index contributed by atoms with van der Waals surface area (Å²) in [6.07, 6.45) is 0.693. The molecule has 0 heterocycles. The third-order valence-corrected chi connectivity index (χ3v) is 2.08. The lowest BCUT2D eigenvalue weighted by Gasteiger charge is -2.08. The van der Waals surface area contributed by atoms with Crippen molar-refractivity contribution in [1.82, 2.24) is 0 Å². The smallest absolute Gasteiger partial charge is 0.128 e. The number of hydrogen-bond donors (Lipinski definition) is 1. The van der Waals surface area contributed by atoms with Gasteiger partial charge < -0.3 is 5.73 Å². The Morgan fingerprint density at radius 2 is 2.14 bits per heavy atom. The highest BCUT2D eigenvalue weighted by atomic mass is 19.1. The molecule has 0 saturated carbocycles. The Balaban J connectivity index is 2.90. The molecule has 0 aromatic heterocycles. The van der Waals surface area contributed by atoms with Gasteiger partial charge in [-0.15, -0.1) is 0 Å². The van der Waals surface area contributed by atoms with Gasteiger partial charge in [0.2, 0.25) is 0 Å². The predicted molar refractivity (Wildman–Crippen MR) is 56.7 cm³/mol. The minimum absolute atomic E-state index is 0.212. The maximum Gasteiger partial charge on any atom is 0.128 e. The SMILES string of the molecule is CCC(N)=NC(C)c1ccccc1F. The van der Waals surface area contributed by atoms with Crippen LogP contribution in [0, 0.1) is 5.82 Å². The van der Waals surface area contributed by atoms with Gasteiger partial charge in [0.05, 0.1) is 11.9 Å². The number of hydrogen-bond acceptors (Lipinski definition) is 1. The van der Waals surface area contributed by atoms with Crippen LogP contribution in [0.5, 0.6) is 0 Å². The standard InChI is InChI=1S/C11H15FN2/c1-3-11(13)14-8(2)9-6-4-5-7-10(9)12/h4-8H,3H2,1-2H3,(H2,13,14). The van der Waals surface area contributed by atoms with Crippen molar-refractivity contribution >= 4 is 5.84 Å². The van der Waals surface area contributed by atoms with Crippen LogP contribution in [0.1, 0.15) is 31.9 Å². The van der Waals surface area contributed by atoms with Gasteiger partial charge in [0.15, 0.2) is 0 Å². The third kappa shape index (κ3) is 2.55. The number of halogens is 1. The van der Waals surface area contributed by atoms with E-state index in [9.17, 15) is 4.39 Å². The van der Waals surface area contributed by atoms with Gasteiger partial charge in [-0.05, 0) is 13.0 Å². The van der Waals surface area contributed by atoms with Crippen molar-refractivity contribution in [2.75, 3.05) is 0 Å². The highest BCUT2D eigenvalue weighted by Crippen LogP contribution is 2.19. The van der Waals surface area contributed by atoms with Crippen molar-refractivity contribution in [2.45, 2.75) is 26.3 Å². The highest BCUT2D eigenvalue weighted by Gasteiger charge is 2.08. The zero-order valence-electron chi connectivity index (χ0n) is 8.50. The molecule has 76 valence electrons. The molecule has 0 fully saturated rings. The van der Waals surface area contributed by atoms with Crippen LogP contribution < -0.4 is 5.73 Å². The molecule has 0 aliphatic heterocycles. The monoisotopic (exact) mass is 194 g/mol. The van der Waals surface area contributed by atoms with Gasteiger partial charge in [0.25, 0.3) is 0 Å². The molecule has 0 bridgehead atoms. The molecule has 1 atom stereocenters. The van der Waals surface area contributed by atoms with E-state index < -0.39 is 0 Å². The minimum Gasteiger partial charge on any atom is -0.387 e.